The number of nitrogen functional groups attached to an aromatic ring is 1. The first-order chi connectivity index (χ1) is 5.97. The number of hydrogen-bond acceptors (Lipinski definition) is 4. The average molecular weight is 180 g/mol. The van der Waals surface area contributed by atoms with Crippen LogP contribution >= 0.6 is 0 Å². The number of rotatable bonds is 2. The van der Waals surface area contributed by atoms with Crippen LogP contribution < -0.4 is 11.1 Å². The summed E-state index contributed by atoms with van der Waals surface area (Å²) >= 11 is 0. The van der Waals surface area contributed by atoms with Crippen molar-refractivity contribution in [3.63, 3.8) is 0 Å². The molecule has 0 aliphatic carbocycles. The van der Waals surface area contributed by atoms with Crippen LogP contribution in [0.3, 0.4) is 0 Å². The topological polar surface area (TPSA) is 63.8 Å². The summed E-state index contributed by atoms with van der Waals surface area (Å²) in [6.07, 6.45) is 0. The van der Waals surface area contributed by atoms with Crippen molar-refractivity contribution in [1.29, 1.82) is 0 Å². The smallest absolute Gasteiger partial charge is 0.146 e. The molecule has 0 radical (unpaired) electrons. The van der Waals surface area contributed by atoms with Gasteiger partial charge in [-0.15, -0.1) is 5.10 Å². The summed E-state index contributed by atoms with van der Waals surface area (Å²) < 4.78 is 0. The van der Waals surface area contributed by atoms with E-state index in [0.717, 1.165) is 12.2 Å². The molecule has 0 unspecified atom stereocenters. The lowest BCUT2D eigenvalue weighted by Gasteiger charge is -2.19. The van der Waals surface area contributed by atoms with Crippen molar-refractivity contribution in [3.8, 4) is 0 Å². The normalized spacial score (nSPS) is 11.6. The van der Waals surface area contributed by atoms with Gasteiger partial charge in [0.2, 0.25) is 0 Å². The van der Waals surface area contributed by atoms with E-state index in [1.54, 1.807) is 6.07 Å². The van der Waals surface area contributed by atoms with Crippen LogP contribution in [-0.2, 0) is 6.54 Å². The van der Waals surface area contributed by atoms with Gasteiger partial charge in [-0.3, -0.25) is 0 Å². The molecular weight excluding hydrogens is 164 g/mol. The maximum absolute atomic E-state index is 5.41. The standard InChI is InChI=1S/C9H16N4/c1-9(2,3)11-6-7-4-5-8(10)13-12-7/h4-5,11H,6H2,1-3H3,(H2,10,13). The molecule has 3 N–H and O–H groups in total. The summed E-state index contributed by atoms with van der Waals surface area (Å²) in [7, 11) is 0. The highest BCUT2D eigenvalue weighted by atomic mass is 15.1. The lowest BCUT2D eigenvalue weighted by molar-refractivity contribution is 0.420. The minimum Gasteiger partial charge on any atom is -0.382 e. The third kappa shape index (κ3) is 3.85. The first-order valence-corrected chi connectivity index (χ1v) is 4.30. The zero-order valence-electron chi connectivity index (χ0n) is 8.33. The van der Waals surface area contributed by atoms with Gasteiger partial charge in [-0.1, -0.05) is 0 Å². The van der Waals surface area contributed by atoms with Crippen LogP contribution in [0.4, 0.5) is 5.82 Å². The minimum atomic E-state index is 0.100. The number of nitrogens with one attached hydrogen (secondary N) is 1. The molecule has 1 aromatic rings. The Morgan fingerprint density at radius 2 is 2.00 bits per heavy atom. The molecule has 4 heteroatoms. The summed E-state index contributed by atoms with van der Waals surface area (Å²) in [5.74, 6) is 0.458. The van der Waals surface area contributed by atoms with Gasteiger partial charge in [-0.2, -0.15) is 5.10 Å². The van der Waals surface area contributed by atoms with Crippen molar-refractivity contribution in [2.75, 3.05) is 5.73 Å². The van der Waals surface area contributed by atoms with Crippen LogP contribution in [0.1, 0.15) is 26.5 Å². The summed E-state index contributed by atoms with van der Waals surface area (Å²) in [6, 6.07) is 3.63. The molecule has 0 atom stereocenters. The second-order valence-corrected chi connectivity index (χ2v) is 4.05. The number of anilines is 1. The van der Waals surface area contributed by atoms with Crippen LogP contribution in [0.25, 0.3) is 0 Å². The van der Waals surface area contributed by atoms with E-state index in [2.05, 4.69) is 36.3 Å². The minimum absolute atomic E-state index is 0.100. The molecule has 4 nitrogen and oxygen atoms in total. The molecule has 0 fully saturated rings. The van der Waals surface area contributed by atoms with Gasteiger partial charge in [-0.25, -0.2) is 0 Å². The third-order valence-electron chi connectivity index (χ3n) is 1.54. The number of aromatic nitrogens is 2. The molecule has 0 aliphatic heterocycles. The maximum atomic E-state index is 5.41. The zero-order valence-corrected chi connectivity index (χ0v) is 8.33. The Bertz CT molecular complexity index is 260. The van der Waals surface area contributed by atoms with E-state index < -0.39 is 0 Å². The molecule has 1 aromatic heterocycles. The van der Waals surface area contributed by atoms with E-state index in [-0.39, 0.29) is 5.54 Å². The van der Waals surface area contributed by atoms with Gasteiger partial charge in [0.15, 0.2) is 0 Å². The molecule has 1 heterocycles. The van der Waals surface area contributed by atoms with Crippen molar-refractivity contribution >= 4 is 5.82 Å². The highest BCUT2D eigenvalue weighted by molar-refractivity contribution is 5.25. The summed E-state index contributed by atoms with van der Waals surface area (Å²) in [5, 5.41) is 11.0. The molecule has 0 aliphatic rings. The highest BCUT2D eigenvalue weighted by Crippen LogP contribution is 2.02. The zero-order chi connectivity index (χ0) is 9.90. The molecular formula is C9H16N4. The Morgan fingerprint density at radius 3 is 2.46 bits per heavy atom. The second kappa shape index (κ2) is 3.70. The lowest BCUT2D eigenvalue weighted by atomic mass is 10.1. The van der Waals surface area contributed by atoms with Gasteiger partial charge in [0.25, 0.3) is 0 Å². The molecule has 1 rings (SSSR count). The van der Waals surface area contributed by atoms with Gasteiger partial charge in [0, 0.05) is 12.1 Å². The van der Waals surface area contributed by atoms with E-state index in [4.69, 9.17) is 5.73 Å². The quantitative estimate of drug-likeness (QED) is 0.711. The average Bonchev–Trinajstić information content (AvgIpc) is 2.02. The second-order valence-electron chi connectivity index (χ2n) is 4.05. The largest absolute Gasteiger partial charge is 0.382 e. The van der Waals surface area contributed by atoms with Crippen LogP contribution in [0.2, 0.25) is 0 Å². The third-order valence-corrected chi connectivity index (χ3v) is 1.54. The number of nitrogens with two attached hydrogens (primary N) is 1. The van der Waals surface area contributed by atoms with Gasteiger partial charge >= 0.3 is 0 Å². The Balaban J connectivity index is 2.51. The van der Waals surface area contributed by atoms with Crippen molar-refractivity contribution < 1.29 is 0 Å². The van der Waals surface area contributed by atoms with Crippen LogP contribution in [0, 0.1) is 0 Å². The monoisotopic (exact) mass is 180 g/mol. The maximum Gasteiger partial charge on any atom is 0.146 e. The van der Waals surface area contributed by atoms with Crippen molar-refractivity contribution in [2.45, 2.75) is 32.9 Å². The molecule has 0 bridgehead atoms. The van der Waals surface area contributed by atoms with Gasteiger partial charge < -0.3 is 11.1 Å². The van der Waals surface area contributed by atoms with E-state index >= 15 is 0 Å². The molecule has 0 amide bonds. The van der Waals surface area contributed by atoms with E-state index in [1.807, 2.05) is 6.07 Å². The number of nitrogens with zero attached hydrogens (tertiary/aromatic N) is 2. The van der Waals surface area contributed by atoms with E-state index in [9.17, 15) is 0 Å². The molecule has 0 aromatic carbocycles. The Hall–Kier alpha value is -1.16. The van der Waals surface area contributed by atoms with E-state index in [1.165, 1.54) is 0 Å². The van der Waals surface area contributed by atoms with Gasteiger partial charge in [-0.05, 0) is 32.9 Å². The number of hydrogen-bond donors (Lipinski definition) is 2. The first kappa shape index (κ1) is 9.92. The highest BCUT2D eigenvalue weighted by Gasteiger charge is 2.08. The fourth-order valence-corrected chi connectivity index (χ4v) is 0.820. The summed E-state index contributed by atoms with van der Waals surface area (Å²) in [5.41, 5.74) is 6.42. The van der Waals surface area contributed by atoms with Crippen LogP contribution in [0.5, 0.6) is 0 Å². The fraction of sp³-hybridized carbons (Fsp3) is 0.556. The predicted molar refractivity (Wildman–Crippen MR) is 53.0 cm³/mol. The Kier molecular flexibility index (Phi) is 2.83. The fourth-order valence-electron chi connectivity index (χ4n) is 0.820. The molecule has 0 saturated carbocycles. The lowest BCUT2D eigenvalue weighted by Crippen LogP contribution is -2.35. The van der Waals surface area contributed by atoms with Crippen LogP contribution in [0.15, 0.2) is 12.1 Å². The van der Waals surface area contributed by atoms with E-state index in [0.29, 0.717) is 5.82 Å². The molecule has 0 spiro atoms. The molecule has 0 saturated heterocycles. The van der Waals surface area contributed by atoms with Crippen molar-refractivity contribution in [1.82, 2.24) is 15.5 Å². The molecule has 13 heavy (non-hydrogen) atoms. The Labute approximate surface area is 78.6 Å². The van der Waals surface area contributed by atoms with Crippen molar-refractivity contribution in [3.05, 3.63) is 17.8 Å². The Morgan fingerprint density at radius 1 is 1.31 bits per heavy atom. The van der Waals surface area contributed by atoms with Gasteiger partial charge in [0.05, 0.1) is 5.69 Å². The van der Waals surface area contributed by atoms with Crippen LogP contribution in [-0.4, -0.2) is 15.7 Å². The van der Waals surface area contributed by atoms with Crippen molar-refractivity contribution in [2.24, 2.45) is 0 Å². The summed E-state index contributed by atoms with van der Waals surface area (Å²) in [6.45, 7) is 7.05. The predicted octanol–water partition coefficient (Wildman–Crippen LogP) is 0.947. The summed E-state index contributed by atoms with van der Waals surface area (Å²) in [4.78, 5) is 0. The first-order valence-electron chi connectivity index (χ1n) is 4.30. The van der Waals surface area contributed by atoms with Gasteiger partial charge in [0.1, 0.15) is 5.82 Å². The molecule has 72 valence electrons. The SMILES string of the molecule is CC(C)(C)NCc1ccc(N)nn1.